The molecule has 156 valence electrons. The largest absolute Gasteiger partial charge is 0.479 e. The lowest BCUT2D eigenvalue weighted by Crippen LogP contribution is -2.74. The molecule has 0 aromatic heterocycles. The quantitative estimate of drug-likeness (QED) is 0.147. The molecule has 0 aliphatic carbocycles. The number of aliphatic carboxylic acids is 1. The summed E-state index contributed by atoms with van der Waals surface area (Å²) >= 11 is 0. The van der Waals surface area contributed by atoms with Crippen LogP contribution < -0.4 is 11.6 Å². The van der Waals surface area contributed by atoms with Crippen molar-refractivity contribution in [2.24, 2.45) is 16.7 Å². The van der Waals surface area contributed by atoms with Gasteiger partial charge in [-0.05, 0) is 42.6 Å². The van der Waals surface area contributed by atoms with E-state index in [1.54, 1.807) is 54.6 Å². The summed E-state index contributed by atoms with van der Waals surface area (Å²) in [7, 11) is 0. The fraction of sp³-hybridized carbons (Fsp3) is 0.273. The van der Waals surface area contributed by atoms with Gasteiger partial charge >= 0.3 is 5.97 Å². The zero-order valence-corrected chi connectivity index (χ0v) is 16.4. The van der Waals surface area contributed by atoms with E-state index in [0.29, 0.717) is 29.8 Å². The summed E-state index contributed by atoms with van der Waals surface area (Å²) in [5.41, 5.74) is 4.03. The molecule has 0 bridgehead atoms. The highest BCUT2D eigenvalue weighted by Gasteiger charge is 2.64. The van der Waals surface area contributed by atoms with Gasteiger partial charge in [-0.3, -0.25) is 14.5 Å². The highest BCUT2D eigenvalue weighted by molar-refractivity contribution is 6.36. The third-order valence-electron chi connectivity index (χ3n) is 5.73. The number of hydrazone groups is 1. The van der Waals surface area contributed by atoms with Crippen LogP contribution in [0.2, 0.25) is 0 Å². The summed E-state index contributed by atoms with van der Waals surface area (Å²) in [6, 6.07) is 15.6. The van der Waals surface area contributed by atoms with Gasteiger partial charge in [0.05, 0.1) is 6.21 Å². The van der Waals surface area contributed by atoms with Gasteiger partial charge in [0, 0.05) is 0 Å². The van der Waals surface area contributed by atoms with Crippen LogP contribution in [0.3, 0.4) is 0 Å². The summed E-state index contributed by atoms with van der Waals surface area (Å²) in [5.74, 6) is 2.46. The number of carboxylic acid groups (broad SMARTS) is 1. The van der Waals surface area contributed by atoms with E-state index in [-0.39, 0.29) is 6.29 Å². The lowest BCUT2D eigenvalue weighted by molar-refractivity contribution is -0.157. The van der Waals surface area contributed by atoms with Crippen molar-refractivity contribution in [2.45, 2.75) is 23.9 Å². The number of aldehydes is 1. The molecule has 1 saturated heterocycles. The molecule has 2 unspecified atom stereocenters. The second kappa shape index (κ2) is 8.56. The van der Waals surface area contributed by atoms with Crippen LogP contribution in [-0.4, -0.2) is 52.9 Å². The minimum absolute atomic E-state index is 0.00265. The Kier molecular flexibility index (Phi) is 6.09. The summed E-state index contributed by atoms with van der Waals surface area (Å²) < 4.78 is 0. The number of nitrogens with two attached hydrogens (primary N) is 2. The molecular weight excluding hydrogens is 384 g/mol. The lowest BCUT2D eigenvalue weighted by atomic mass is 9.65. The number of hydrogen-bond acceptors (Lipinski definition) is 7. The molecule has 2 aromatic rings. The SMILES string of the molecule is NN=Cc1ccc(C(c2ccccc2)(N2CCCC2)C(N)(C(=O)O)C(=O)C=O)cc1. The molecule has 0 spiro atoms. The molecule has 8 nitrogen and oxygen atoms in total. The molecule has 5 N–H and O–H groups in total. The van der Waals surface area contributed by atoms with Crippen LogP contribution in [0, 0.1) is 0 Å². The smallest absolute Gasteiger partial charge is 0.334 e. The van der Waals surface area contributed by atoms with Gasteiger partial charge < -0.3 is 16.7 Å². The van der Waals surface area contributed by atoms with Crippen LogP contribution in [-0.2, 0) is 19.9 Å². The normalized spacial score (nSPS) is 18.6. The van der Waals surface area contributed by atoms with Crippen LogP contribution in [0.1, 0.15) is 29.5 Å². The second-order valence-electron chi connectivity index (χ2n) is 7.27. The Morgan fingerprint density at radius 1 is 1.00 bits per heavy atom. The van der Waals surface area contributed by atoms with Crippen molar-refractivity contribution in [3.8, 4) is 0 Å². The fourth-order valence-corrected chi connectivity index (χ4v) is 4.40. The molecular formula is C22H24N4O4. The lowest BCUT2D eigenvalue weighted by Gasteiger charge is -2.50. The van der Waals surface area contributed by atoms with E-state index in [2.05, 4.69) is 5.10 Å². The Balaban J connectivity index is 2.42. The third-order valence-corrected chi connectivity index (χ3v) is 5.73. The Morgan fingerprint density at radius 2 is 1.57 bits per heavy atom. The zero-order valence-electron chi connectivity index (χ0n) is 16.4. The number of carbonyl (C=O) groups is 3. The number of carbonyl (C=O) groups excluding carboxylic acids is 2. The highest BCUT2D eigenvalue weighted by Crippen LogP contribution is 2.46. The van der Waals surface area contributed by atoms with E-state index in [9.17, 15) is 19.5 Å². The third kappa shape index (κ3) is 3.20. The number of ketones is 1. The van der Waals surface area contributed by atoms with Crippen molar-refractivity contribution in [2.75, 3.05) is 13.1 Å². The number of nitrogens with zero attached hydrogens (tertiary/aromatic N) is 2. The molecule has 1 aliphatic heterocycles. The van der Waals surface area contributed by atoms with Crippen LogP contribution in [0.4, 0.5) is 0 Å². The topological polar surface area (TPSA) is 139 Å². The first-order valence-electron chi connectivity index (χ1n) is 9.59. The van der Waals surface area contributed by atoms with E-state index in [1.165, 1.54) is 6.21 Å². The maximum Gasteiger partial charge on any atom is 0.334 e. The molecule has 1 heterocycles. The van der Waals surface area contributed by atoms with Gasteiger partial charge in [0.2, 0.25) is 11.3 Å². The number of likely N-dealkylation sites (tertiary alicyclic amines) is 1. The first-order chi connectivity index (χ1) is 14.4. The minimum Gasteiger partial charge on any atom is -0.479 e. The van der Waals surface area contributed by atoms with Gasteiger partial charge in [-0.2, -0.15) is 5.10 Å². The van der Waals surface area contributed by atoms with E-state index < -0.39 is 22.8 Å². The standard InChI is InChI=1S/C22H24N4O4/c23-21(20(29)30,19(28)15-27)22(26-12-4-5-13-26,17-6-2-1-3-7-17)18-10-8-16(9-11-18)14-25-24/h1-3,6-11,14-15H,4-5,12-13,23-24H2,(H,29,30). The maximum absolute atomic E-state index is 12.9. The van der Waals surface area contributed by atoms with E-state index in [1.807, 2.05) is 4.90 Å². The molecule has 0 radical (unpaired) electrons. The van der Waals surface area contributed by atoms with Crippen LogP contribution >= 0.6 is 0 Å². The van der Waals surface area contributed by atoms with Crippen LogP contribution in [0.5, 0.6) is 0 Å². The van der Waals surface area contributed by atoms with Crippen molar-refractivity contribution >= 4 is 24.3 Å². The van der Waals surface area contributed by atoms with E-state index in [0.717, 1.165) is 12.8 Å². The van der Waals surface area contributed by atoms with E-state index in [4.69, 9.17) is 11.6 Å². The van der Waals surface area contributed by atoms with Gasteiger partial charge in [0.15, 0.2) is 6.29 Å². The van der Waals surface area contributed by atoms with Gasteiger partial charge in [-0.25, -0.2) is 4.79 Å². The number of hydrogen-bond donors (Lipinski definition) is 3. The summed E-state index contributed by atoms with van der Waals surface area (Å²) in [6.07, 6.45) is 3.08. The van der Waals surface area contributed by atoms with Crippen molar-refractivity contribution < 1.29 is 19.5 Å². The maximum atomic E-state index is 12.9. The summed E-state index contributed by atoms with van der Waals surface area (Å²) in [5, 5.41) is 13.7. The average Bonchev–Trinajstić information content (AvgIpc) is 3.30. The second-order valence-corrected chi connectivity index (χ2v) is 7.27. The Labute approximate surface area is 174 Å². The zero-order chi connectivity index (χ0) is 21.8. The monoisotopic (exact) mass is 408 g/mol. The number of benzene rings is 2. The van der Waals surface area contributed by atoms with Crippen LogP contribution in [0.25, 0.3) is 0 Å². The molecule has 1 fully saturated rings. The predicted molar refractivity (Wildman–Crippen MR) is 112 cm³/mol. The summed E-state index contributed by atoms with van der Waals surface area (Å²) in [4.78, 5) is 38.9. The fourth-order valence-electron chi connectivity index (χ4n) is 4.40. The Hall–Kier alpha value is -3.36. The minimum atomic E-state index is -2.54. The number of carboxylic acids is 1. The van der Waals surface area contributed by atoms with Gasteiger partial charge in [-0.15, -0.1) is 0 Å². The summed E-state index contributed by atoms with van der Waals surface area (Å²) in [6.45, 7) is 1.05. The average molecular weight is 408 g/mol. The molecule has 1 aliphatic rings. The molecule has 2 atom stereocenters. The van der Waals surface area contributed by atoms with Gasteiger partial charge in [0.25, 0.3) is 0 Å². The predicted octanol–water partition coefficient (Wildman–Crippen LogP) is 0.869. The van der Waals surface area contributed by atoms with Crippen molar-refractivity contribution in [1.29, 1.82) is 0 Å². The number of Topliss-reactive ketones (excluding diaryl/α,β-unsaturated/α-hetero) is 1. The molecule has 3 rings (SSSR count). The van der Waals surface area contributed by atoms with Crippen LogP contribution in [0.15, 0.2) is 59.7 Å². The van der Waals surface area contributed by atoms with Gasteiger partial charge in [0.1, 0.15) is 5.54 Å². The highest BCUT2D eigenvalue weighted by atomic mass is 16.4. The Morgan fingerprint density at radius 3 is 2.07 bits per heavy atom. The number of rotatable bonds is 8. The van der Waals surface area contributed by atoms with Crippen molar-refractivity contribution in [3.63, 3.8) is 0 Å². The molecule has 0 saturated carbocycles. The van der Waals surface area contributed by atoms with Crippen molar-refractivity contribution in [3.05, 3.63) is 71.3 Å². The van der Waals surface area contributed by atoms with Crippen molar-refractivity contribution in [1.82, 2.24) is 4.90 Å². The molecule has 0 amide bonds. The molecule has 2 aromatic carbocycles. The first kappa shape index (κ1) is 21.4. The van der Waals surface area contributed by atoms with Gasteiger partial charge in [-0.1, -0.05) is 54.6 Å². The Bertz CT molecular complexity index is 955. The van der Waals surface area contributed by atoms with E-state index >= 15 is 0 Å². The first-order valence-corrected chi connectivity index (χ1v) is 9.59. The molecule has 8 heteroatoms. The molecule has 30 heavy (non-hydrogen) atoms.